The van der Waals surface area contributed by atoms with Crippen LogP contribution in [0.1, 0.15) is 10.4 Å². The number of thiophene rings is 1. The summed E-state index contributed by atoms with van der Waals surface area (Å²) in [6.07, 6.45) is 0. The van der Waals surface area contributed by atoms with Crippen LogP contribution in [-0.4, -0.2) is 25.0 Å². The molecule has 2 unspecified atom stereocenters. The van der Waals surface area contributed by atoms with Gasteiger partial charge in [-0.2, -0.15) is 11.3 Å². The Morgan fingerprint density at radius 3 is 2.86 bits per heavy atom. The Kier molecular flexibility index (Phi) is 3.02. The molecule has 1 aromatic heterocycles. The molecule has 0 saturated carbocycles. The summed E-state index contributed by atoms with van der Waals surface area (Å²) in [4.78, 5) is 12.0. The summed E-state index contributed by atoms with van der Waals surface area (Å²) < 4.78 is 6.02. The number of rotatable bonds is 2. The molecule has 76 valence electrons. The summed E-state index contributed by atoms with van der Waals surface area (Å²) in [6, 6.07) is -0.158. The van der Waals surface area contributed by atoms with E-state index in [9.17, 15) is 4.79 Å². The van der Waals surface area contributed by atoms with Crippen molar-refractivity contribution in [2.75, 3.05) is 13.2 Å². The number of ketones is 1. The first kappa shape index (κ1) is 10.3. The first-order valence-corrected chi connectivity index (χ1v) is 6.03. The molecule has 2 rings (SSSR count). The Morgan fingerprint density at radius 2 is 2.36 bits per heavy atom. The molecule has 0 bridgehead atoms. The van der Waals surface area contributed by atoms with Gasteiger partial charge in [0.2, 0.25) is 0 Å². The molecule has 0 amide bonds. The maximum absolute atomic E-state index is 12.0. The smallest absolute Gasteiger partial charge is 0.171 e. The molecule has 5 heteroatoms. The van der Waals surface area contributed by atoms with E-state index in [0.29, 0.717) is 13.2 Å². The van der Waals surface area contributed by atoms with E-state index in [0.717, 1.165) is 10.0 Å². The third-order valence-corrected chi connectivity index (χ3v) is 4.04. The van der Waals surface area contributed by atoms with E-state index in [1.54, 1.807) is 0 Å². The Labute approximate surface area is 94.4 Å². The zero-order chi connectivity index (χ0) is 10.1. The fourth-order valence-corrected chi connectivity index (χ4v) is 2.98. The fourth-order valence-electron chi connectivity index (χ4n) is 1.50. The molecule has 0 aromatic carbocycles. The van der Waals surface area contributed by atoms with Gasteiger partial charge < -0.3 is 10.5 Å². The van der Waals surface area contributed by atoms with Gasteiger partial charge in [0.1, 0.15) is 0 Å². The number of hydrogen-bond donors (Lipinski definition) is 1. The molecule has 2 atom stereocenters. The molecular formula is C9H10BrNO2S. The Bertz CT molecular complexity index is 352. The van der Waals surface area contributed by atoms with Crippen molar-refractivity contribution >= 4 is 33.0 Å². The van der Waals surface area contributed by atoms with Gasteiger partial charge in [-0.3, -0.25) is 4.79 Å². The van der Waals surface area contributed by atoms with Crippen LogP contribution in [0.3, 0.4) is 0 Å². The third kappa shape index (κ3) is 1.77. The quantitative estimate of drug-likeness (QED) is 0.836. The molecule has 1 aliphatic rings. The molecule has 0 aliphatic carbocycles. The summed E-state index contributed by atoms with van der Waals surface area (Å²) in [6.45, 7) is 0.931. The number of carbonyl (C=O) groups is 1. The minimum Gasteiger partial charge on any atom is -0.379 e. The molecule has 3 nitrogen and oxygen atoms in total. The molecule has 14 heavy (non-hydrogen) atoms. The van der Waals surface area contributed by atoms with Crippen molar-refractivity contribution < 1.29 is 9.53 Å². The van der Waals surface area contributed by atoms with Crippen LogP contribution in [0.2, 0.25) is 0 Å². The first-order valence-electron chi connectivity index (χ1n) is 4.29. The second-order valence-electron chi connectivity index (χ2n) is 3.31. The molecule has 1 aromatic rings. The summed E-state index contributed by atoms with van der Waals surface area (Å²) in [5.74, 6) is -0.0935. The number of hydrogen-bond acceptors (Lipinski definition) is 4. The highest BCUT2D eigenvalue weighted by Crippen LogP contribution is 2.26. The van der Waals surface area contributed by atoms with Gasteiger partial charge in [-0.15, -0.1) is 0 Å². The van der Waals surface area contributed by atoms with E-state index < -0.39 is 0 Å². The van der Waals surface area contributed by atoms with Gasteiger partial charge in [0.25, 0.3) is 0 Å². The van der Waals surface area contributed by atoms with Crippen molar-refractivity contribution in [3.63, 3.8) is 0 Å². The number of ether oxygens (including phenoxy) is 1. The molecule has 1 saturated heterocycles. The Balaban J connectivity index is 2.20. The predicted octanol–water partition coefficient (Wildman–Crippen LogP) is 1.67. The van der Waals surface area contributed by atoms with Crippen LogP contribution >= 0.6 is 27.3 Å². The topological polar surface area (TPSA) is 52.3 Å². The molecule has 2 N–H and O–H groups in total. The normalized spacial score (nSPS) is 26.7. The van der Waals surface area contributed by atoms with Crippen LogP contribution < -0.4 is 5.73 Å². The molecule has 0 spiro atoms. The minimum absolute atomic E-state index is 0.0862. The van der Waals surface area contributed by atoms with Crippen molar-refractivity contribution in [1.29, 1.82) is 0 Å². The minimum atomic E-state index is -0.180. The standard InChI is InChI=1S/C9H10BrNO2S/c10-7-4-14-3-6(7)9(12)5-1-13-2-8(5)11/h3-5,8H,1-2,11H2. The lowest BCUT2D eigenvalue weighted by Gasteiger charge is -2.10. The monoisotopic (exact) mass is 275 g/mol. The molecule has 0 radical (unpaired) electrons. The highest BCUT2D eigenvalue weighted by molar-refractivity contribution is 9.10. The number of nitrogens with two attached hydrogens (primary N) is 1. The maximum Gasteiger partial charge on any atom is 0.171 e. The van der Waals surface area contributed by atoms with Crippen LogP contribution in [0, 0.1) is 5.92 Å². The fraction of sp³-hybridized carbons (Fsp3) is 0.444. The van der Waals surface area contributed by atoms with Gasteiger partial charge >= 0.3 is 0 Å². The van der Waals surface area contributed by atoms with Crippen molar-refractivity contribution in [3.8, 4) is 0 Å². The average molecular weight is 276 g/mol. The third-order valence-electron chi connectivity index (χ3n) is 2.34. The second-order valence-corrected chi connectivity index (χ2v) is 4.90. The van der Waals surface area contributed by atoms with E-state index in [4.69, 9.17) is 10.5 Å². The van der Waals surface area contributed by atoms with E-state index in [2.05, 4.69) is 15.9 Å². The van der Waals surface area contributed by atoms with Crippen LogP contribution in [0.25, 0.3) is 0 Å². The second kappa shape index (κ2) is 4.10. The SMILES string of the molecule is NC1COCC1C(=O)c1cscc1Br. The van der Waals surface area contributed by atoms with Gasteiger partial charge in [-0.05, 0) is 15.9 Å². The van der Waals surface area contributed by atoms with Crippen molar-refractivity contribution in [2.24, 2.45) is 11.7 Å². The highest BCUT2D eigenvalue weighted by Gasteiger charge is 2.32. The summed E-state index contributed by atoms with van der Waals surface area (Å²) >= 11 is 4.85. The predicted molar refractivity (Wildman–Crippen MR) is 58.6 cm³/mol. The molecular weight excluding hydrogens is 266 g/mol. The molecule has 2 heterocycles. The van der Waals surface area contributed by atoms with Crippen molar-refractivity contribution in [1.82, 2.24) is 0 Å². The summed E-state index contributed by atoms with van der Waals surface area (Å²) in [7, 11) is 0. The molecule has 1 fully saturated rings. The lowest BCUT2D eigenvalue weighted by atomic mass is 9.96. The van der Waals surface area contributed by atoms with Gasteiger partial charge in [0.05, 0.1) is 19.1 Å². The van der Waals surface area contributed by atoms with Crippen LogP contribution in [0.15, 0.2) is 15.2 Å². The first-order chi connectivity index (χ1) is 6.70. The van der Waals surface area contributed by atoms with Crippen LogP contribution in [-0.2, 0) is 4.74 Å². The van der Waals surface area contributed by atoms with E-state index in [1.807, 2.05) is 10.8 Å². The van der Waals surface area contributed by atoms with Gasteiger partial charge in [-0.25, -0.2) is 0 Å². The lowest BCUT2D eigenvalue weighted by Crippen LogP contribution is -2.34. The Morgan fingerprint density at radius 1 is 1.57 bits per heavy atom. The highest BCUT2D eigenvalue weighted by atomic mass is 79.9. The average Bonchev–Trinajstić information content (AvgIpc) is 2.73. The number of carbonyl (C=O) groups excluding carboxylic acids is 1. The van der Waals surface area contributed by atoms with Gasteiger partial charge in [0, 0.05) is 26.8 Å². The molecule has 1 aliphatic heterocycles. The zero-order valence-corrected chi connectivity index (χ0v) is 9.81. The van der Waals surface area contributed by atoms with Gasteiger partial charge in [-0.1, -0.05) is 0 Å². The van der Waals surface area contributed by atoms with Crippen LogP contribution in [0.4, 0.5) is 0 Å². The summed E-state index contributed by atoms with van der Waals surface area (Å²) in [5.41, 5.74) is 6.50. The van der Waals surface area contributed by atoms with Crippen molar-refractivity contribution in [2.45, 2.75) is 6.04 Å². The largest absolute Gasteiger partial charge is 0.379 e. The van der Waals surface area contributed by atoms with Crippen LogP contribution in [0.5, 0.6) is 0 Å². The van der Waals surface area contributed by atoms with E-state index in [1.165, 1.54) is 11.3 Å². The summed E-state index contributed by atoms with van der Waals surface area (Å²) in [5, 5.41) is 3.74. The van der Waals surface area contributed by atoms with E-state index >= 15 is 0 Å². The Hall–Kier alpha value is -0.230. The maximum atomic E-state index is 12.0. The van der Waals surface area contributed by atoms with Crippen molar-refractivity contribution in [3.05, 3.63) is 20.8 Å². The number of halogens is 1. The lowest BCUT2D eigenvalue weighted by molar-refractivity contribution is 0.0895. The zero-order valence-electron chi connectivity index (χ0n) is 7.40. The number of Topliss-reactive ketones (excluding diaryl/α,β-unsaturated/α-hetero) is 1. The van der Waals surface area contributed by atoms with E-state index in [-0.39, 0.29) is 17.7 Å². The van der Waals surface area contributed by atoms with Gasteiger partial charge in [0.15, 0.2) is 5.78 Å².